The van der Waals surface area contributed by atoms with Gasteiger partial charge in [-0.3, -0.25) is 9.36 Å². The summed E-state index contributed by atoms with van der Waals surface area (Å²) in [6.07, 6.45) is 3.72. The molecule has 1 fully saturated rings. The van der Waals surface area contributed by atoms with Crippen molar-refractivity contribution in [2.24, 2.45) is 5.92 Å². The van der Waals surface area contributed by atoms with E-state index in [0.29, 0.717) is 42.1 Å². The first-order valence-electron chi connectivity index (χ1n) is 10.8. The van der Waals surface area contributed by atoms with Crippen molar-refractivity contribution in [3.05, 3.63) is 70.3 Å². The Labute approximate surface area is 183 Å². The van der Waals surface area contributed by atoms with Crippen molar-refractivity contribution in [3.63, 3.8) is 0 Å². The van der Waals surface area contributed by atoms with Crippen molar-refractivity contribution in [2.45, 2.75) is 51.0 Å². The highest BCUT2D eigenvalue weighted by molar-refractivity contribution is 7.89. The van der Waals surface area contributed by atoms with Gasteiger partial charge in [0.25, 0.3) is 5.56 Å². The maximum atomic E-state index is 13.1. The first kappa shape index (κ1) is 21.7. The van der Waals surface area contributed by atoms with E-state index < -0.39 is 10.0 Å². The normalized spacial score (nSPS) is 16.3. The number of para-hydroxylation sites is 1. The summed E-state index contributed by atoms with van der Waals surface area (Å²) in [5, 5.41) is 0.610. The molecule has 0 radical (unpaired) electrons. The second kappa shape index (κ2) is 8.55. The molecule has 1 saturated heterocycles. The molecule has 0 unspecified atom stereocenters. The standard InChI is InChI=1S/C24H29N3O3S/c1-17(2)15-19-7-9-21(10-8-19)31(29,30)26-13-11-20(12-14-26)27-16-25-23-18(3)5-4-6-22(23)24(27)28/h4-10,16-17,20H,11-15H2,1-3H3. The third-order valence-corrected chi connectivity index (χ3v) is 7.95. The summed E-state index contributed by atoms with van der Waals surface area (Å²) in [5.74, 6) is 0.526. The Morgan fingerprint density at radius 1 is 1.06 bits per heavy atom. The Hall–Kier alpha value is -2.51. The summed E-state index contributed by atoms with van der Waals surface area (Å²) in [6, 6.07) is 12.8. The number of aryl methyl sites for hydroxylation is 1. The number of nitrogens with zero attached hydrogens (tertiary/aromatic N) is 3. The molecule has 0 N–H and O–H groups in total. The maximum Gasteiger partial charge on any atom is 0.261 e. The molecular formula is C24H29N3O3S. The van der Waals surface area contributed by atoms with E-state index in [-0.39, 0.29) is 11.6 Å². The summed E-state index contributed by atoms with van der Waals surface area (Å²) < 4.78 is 29.4. The van der Waals surface area contributed by atoms with Crippen LogP contribution in [0.3, 0.4) is 0 Å². The highest BCUT2D eigenvalue weighted by atomic mass is 32.2. The van der Waals surface area contributed by atoms with Crippen LogP contribution in [0.4, 0.5) is 0 Å². The van der Waals surface area contributed by atoms with Crippen molar-refractivity contribution in [1.29, 1.82) is 0 Å². The quantitative estimate of drug-likeness (QED) is 0.604. The van der Waals surface area contributed by atoms with Crippen LogP contribution in [0.2, 0.25) is 0 Å². The Morgan fingerprint density at radius 3 is 2.39 bits per heavy atom. The lowest BCUT2D eigenvalue weighted by molar-refractivity contribution is 0.269. The van der Waals surface area contributed by atoms with Gasteiger partial charge in [0.1, 0.15) is 0 Å². The SMILES string of the molecule is Cc1cccc2c(=O)n(C3CCN(S(=O)(=O)c4ccc(CC(C)C)cc4)CC3)cnc12. The molecular weight excluding hydrogens is 410 g/mol. The number of piperidine rings is 1. The fourth-order valence-electron chi connectivity index (χ4n) is 4.35. The van der Waals surface area contributed by atoms with E-state index in [0.717, 1.165) is 23.1 Å². The van der Waals surface area contributed by atoms with E-state index in [1.165, 1.54) is 4.31 Å². The molecule has 1 aromatic heterocycles. The van der Waals surface area contributed by atoms with Gasteiger partial charge in [-0.05, 0) is 61.4 Å². The van der Waals surface area contributed by atoms with Crippen molar-refractivity contribution in [2.75, 3.05) is 13.1 Å². The second-order valence-electron chi connectivity index (χ2n) is 8.81. The molecule has 4 rings (SSSR count). The second-order valence-corrected chi connectivity index (χ2v) is 10.7. The van der Waals surface area contributed by atoms with Gasteiger partial charge >= 0.3 is 0 Å². The average Bonchev–Trinajstić information content (AvgIpc) is 2.75. The number of rotatable bonds is 5. The largest absolute Gasteiger partial charge is 0.296 e. The van der Waals surface area contributed by atoms with Gasteiger partial charge in [-0.15, -0.1) is 0 Å². The van der Waals surface area contributed by atoms with E-state index in [4.69, 9.17) is 0 Å². The summed E-state index contributed by atoms with van der Waals surface area (Å²) in [6.45, 7) is 7.01. The molecule has 2 heterocycles. The Kier molecular flexibility index (Phi) is 5.99. The molecule has 2 aromatic carbocycles. The summed E-state index contributed by atoms with van der Waals surface area (Å²) in [7, 11) is -3.53. The third kappa shape index (κ3) is 4.29. The molecule has 6 nitrogen and oxygen atoms in total. The summed E-state index contributed by atoms with van der Waals surface area (Å²) in [5.41, 5.74) is 2.79. The smallest absolute Gasteiger partial charge is 0.261 e. The fraction of sp³-hybridized carbons (Fsp3) is 0.417. The minimum Gasteiger partial charge on any atom is -0.296 e. The van der Waals surface area contributed by atoms with Crippen LogP contribution in [0.15, 0.2) is 58.5 Å². The zero-order valence-corrected chi connectivity index (χ0v) is 19.1. The van der Waals surface area contributed by atoms with Gasteiger partial charge in [0.2, 0.25) is 10.0 Å². The molecule has 1 aliphatic heterocycles. The minimum absolute atomic E-state index is 0.0511. The Bertz CT molecular complexity index is 1240. The predicted molar refractivity (Wildman–Crippen MR) is 123 cm³/mol. The third-order valence-electron chi connectivity index (χ3n) is 6.04. The van der Waals surface area contributed by atoms with E-state index in [1.807, 2.05) is 31.2 Å². The van der Waals surface area contributed by atoms with Gasteiger partial charge in [0.15, 0.2) is 0 Å². The van der Waals surface area contributed by atoms with E-state index in [2.05, 4.69) is 18.8 Å². The van der Waals surface area contributed by atoms with E-state index in [9.17, 15) is 13.2 Å². The number of hydrogen-bond acceptors (Lipinski definition) is 4. The fourth-order valence-corrected chi connectivity index (χ4v) is 5.82. The van der Waals surface area contributed by atoms with Crippen LogP contribution in [0.1, 0.15) is 43.9 Å². The summed E-state index contributed by atoms with van der Waals surface area (Å²) in [4.78, 5) is 17.8. The number of aromatic nitrogens is 2. The van der Waals surface area contributed by atoms with Crippen molar-refractivity contribution >= 4 is 20.9 Å². The Morgan fingerprint density at radius 2 is 1.74 bits per heavy atom. The van der Waals surface area contributed by atoms with Crippen molar-refractivity contribution < 1.29 is 8.42 Å². The van der Waals surface area contributed by atoms with Gasteiger partial charge in [0, 0.05) is 19.1 Å². The first-order valence-corrected chi connectivity index (χ1v) is 12.3. The van der Waals surface area contributed by atoms with Crippen LogP contribution in [0.5, 0.6) is 0 Å². The van der Waals surface area contributed by atoms with Crippen molar-refractivity contribution in [1.82, 2.24) is 13.9 Å². The molecule has 0 amide bonds. The van der Waals surface area contributed by atoms with Crippen LogP contribution < -0.4 is 5.56 Å². The average molecular weight is 440 g/mol. The van der Waals surface area contributed by atoms with Gasteiger partial charge in [-0.2, -0.15) is 4.31 Å². The first-order chi connectivity index (χ1) is 14.8. The van der Waals surface area contributed by atoms with E-state index >= 15 is 0 Å². The van der Waals surface area contributed by atoms with Crippen LogP contribution in [-0.2, 0) is 16.4 Å². The zero-order valence-electron chi connectivity index (χ0n) is 18.3. The topological polar surface area (TPSA) is 72.3 Å². The van der Waals surface area contributed by atoms with Gasteiger partial charge in [0.05, 0.1) is 22.1 Å². The minimum atomic E-state index is -3.53. The van der Waals surface area contributed by atoms with Crippen LogP contribution >= 0.6 is 0 Å². The molecule has 0 bridgehead atoms. The van der Waals surface area contributed by atoms with Crippen LogP contribution in [0, 0.1) is 12.8 Å². The van der Waals surface area contributed by atoms with Gasteiger partial charge in [-0.1, -0.05) is 38.1 Å². The van der Waals surface area contributed by atoms with E-state index in [1.54, 1.807) is 29.1 Å². The van der Waals surface area contributed by atoms with Crippen molar-refractivity contribution in [3.8, 4) is 0 Å². The molecule has 1 aliphatic rings. The molecule has 0 aliphatic carbocycles. The number of benzene rings is 2. The van der Waals surface area contributed by atoms with Gasteiger partial charge in [-0.25, -0.2) is 13.4 Å². The lowest BCUT2D eigenvalue weighted by atomic mass is 10.0. The molecule has 3 aromatic rings. The maximum absolute atomic E-state index is 13.1. The Balaban J connectivity index is 1.50. The molecule has 0 saturated carbocycles. The number of fused-ring (bicyclic) bond motifs is 1. The number of hydrogen-bond donors (Lipinski definition) is 0. The molecule has 0 spiro atoms. The molecule has 0 atom stereocenters. The molecule has 164 valence electrons. The number of sulfonamides is 1. The summed E-state index contributed by atoms with van der Waals surface area (Å²) >= 11 is 0. The zero-order chi connectivity index (χ0) is 22.2. The predicted octanol–water partition coefficient (Wildman–Crippen LogP) is 3.93. The highest BCUT2D eigenvalue weighted by Gasteiger charge is 2.30. The monoisotopic (exact) mass is 439 g/mol. The molecule has 31 heavy (non-hydrogen) atoms. The van der Waals surface area contributed by atoms with Crippen LogP contribution in [-0.4, -0.2) is 35.4 Å². The molecule has 7 heteroatoms. The highest BCUT2D eigenvalue weighted by Crippen LogP contribution is 2.27. The van der Waals surface area contributed by atoms with Crippen LogP contribution in [0.25, 0.3) is 10.9 Å². The van der Waals surface area contributed by atoms with Gasteiger partial charge < -0.3 is 0 Å². The lowest BCUT2D eigenvalue weighted by Crippen LogP contribution is -2.40. The lowest BCUT2D eigenvalue weighted by Gasteiger charge is -2.32.